The van der Waals surface area contributed by atoms with Crippen molar-refractivity contribution >= 4 is 22.4 Å². The number of para-hydroxylation sites is 2. The van der Waals surface area contributed by atoms with E-state index in [9.17, 15) is 4.39 Å². The predicted octanol–water partition coefficient (Wildman–Crippen LogP) is 2.41. The monoisotopic (exact) mass is 309 g/mol. The minimum absolute atomic E-state index is 0.193. The highest BCUT2D eigenvalue weighted by atomic mass is 19.1. The highest BCUT2D eigenvalue weighted by Crippen LogP contribution is 2.17. The zero-order valence-corrected chi connectivity index (χ0v) is 12.3. The molecule has 5 N–H and O–H groups in total. The molecule has 0 radical (unpaired) electrons. The summed E-state index contributed by atoms with van der Waals surface area (Å²) in [5, 5.41) is 0. The lowest BCUT2D eigenvalue weighted by Crippen LogP contribution is -2.17. The van der Waals surface area contributed by atoms with Gasteiger partial charge in [0.25, 0.3) is 0 Å². The Balaban J connectivity index is 2.01. The molecule has 0 fully saturated rings. The first-order chi connectivity index (χ1) is 11.2. The van der Waals surface area contributed by atoms with Crippen LogP contribution in [0.25, 0.3) is 16.7 Å². The van der Waals surface area contributed by atoms with Gasteiger partial charge in [-0.2, -0.15) is 0 Å². The van der Waals surface area contributed by atoms with Gasteiger partial charge in [0.2, 0.25) is 0 Å². The smallest absolute Gasteiger partial charge is 0.154 e. The Kier molecular flexibility index (Phi) is 4.16. The fraction of sp³-hybridized carbons (Fsp3) is 0.0588. The van der Waals surface area contributed by atoms with E-state index in [1.165, 1.54) is 18.3 Å². The van der Waals surface area contributed by atoms with E-state index in [1.807, 2.05) is 24.3 Å². The minimum atomic E-state index is -0.314. The van der Waals surface area contributed by atoms with Crippen molar-refractivity contribution in [2.75, 3.05) is 6.54 Å². The third kappa shape index (κ3) is 3.12. The molecule has 23 heavy (non-hydrogen) atoms. The zero-order chi connectivity index (χ0) is 16.2. The van der Waals surface area contributed by atoms with E-state index in [0.29, 0.717) is 22.8 Å². The van der Waals surface area contributed by atoms with Gasteiger partial charge in [0, 0.05) is 18.3 Å². The van der Waals surface area contributed by atoms with Crippen LogP contribution in [0.15, 0.2) is 59.7 Å². The van der Waals surface area contributed by atoms with Crippen LogP contribution < -0.4 is 11.5 Å². The van der Waals surface area contributed by atoms with Crippen LogP contribution in [0.3, 0.4) is 0 Å². The van der Waals surface area contributed by atoms with Gasteiger partial charge in [-0.15, -0.1) is 0 Å². The predicted molar refractivity (Wildman–Crippen MR) is 90.2 cm³/mol. The van der Waals surface area contributed by atoms with Gasteiger partial charge in [0.1, 0.15) is 5.82 Å². The summed E-state index contributed by atoms with van der Waals surface area (Å²) < 4.78 is 13.0. The highest BCUT2D eigenvalue weighted by Gasteiger charge is 2.10. The molecular weight excluding hydrogens is 293 g/mol. The first-order valence-electron chi connectivity index (χ1n) is 7.12. The Morgan fingerprint density at radius 3 is 2.57 bits per heavy atom. The maximum Gasteiger partial charge on any atom is 0.154 e. The van der Waals surface area contributed by atoms with E-state index in [2.05, 4.69) is 15.0 Å². The molecule has 0 saturated heterocycles. The number of fused-ring (bicyclic) bond motifs is 1. The second-order valence-electron chi connectivity index (χ2n) is 4.92. The van der Waals surface area contributed by atoms with Crippen molar-refractivity contribution in [1.29, 1.82) is 0 Å². The number of aliphatic imine (C=N–C) groups is 1. The second-order valence-corrected chi connectivity index (χ2v) is 4.92. The van der Waals surface area contributed by atoms with E-state index in [4.69, 9.17) is 11.5 Å². The largest absolute Gasteiger partial charge is 0.403 e. The lowest BCUT2D eigenvalue weighted by atomic mass is 10.1. The second kappa shape index (κ2) is 6.41. The summed E-state index contributed by atoms with van der Waals surface area (Å²) >= 11 is 0. The number of nitrogens with two attached hydrogens (primary N) is 2. The summed E-state index contributed by atoms with van der Waals surface area (Å²) in [5.74, 6) is 0.278. The van der Waals surface area contributed by atoms with Gasteiger partial charge in [-0.25, -0.2) is 14.4 Å². The van der Waals surface area contributed by atoms with Crippen LogP contribution in [0.1, 0.15) is 11.4 Å². The average Bonchev–Trinajstić information content (AvgIpc) is 3.01. The Hall–Kier alpha value is -2.99. The topological polar surface area (TPSA) is 93.1 Å². The van der Waals surface area contributed by atoms with E-state index >= 15 is 0 Å². The number of aromatic nitrogens is 2. The van der Waals surface area contributed by atoms with Crippen molar-refractivity contribution in [3.63, 3.8) is 0 Å². The molecule has 0 unspecified atom stereocenters. The molecule has 3 aromatic rings. The van der Waals surface area contributed by atoms with Crippen LogP contribution in [0.4, 0.5) is 4.39 Å². The molecule has 0 spiro atoms. The molecule has 0 atom stereocenters. The number of halogens is 1. The first-order valence-corrected chi connectivity index (χ1v) is 7.12. The number of hydrogen-bond donors (Lipinski definition) is 3. The summed E-state index contributed by atoms with van der Waals surface area (Å²) in [6.45, 7) is 0.193. The van der Waals surface area contributed by atoms with E-state index in [0.717, 1.165) is 11.0 Å². The Labute approximate surface area is 132 Å². The number of H-pyrrole nitrogens is 1. The molecule has 5 nitrogen and oxygen atoms in total. The zero-order valence-electron chi connectivity index (χ0n) is 12.3. The number of hydrogen-bond acceptors (Lipinski definition) is 4. The maximum absolute atomic E-state index is 13.0. The normalized spacial score (nSPS) is 12.8. The van der Waals surface area contributed by atoms with Crippen molar-refractivity contribution in [1.82, 2.24) is 9.97 Å². The van der Waals surface area contributed by atoms with Crippen LogP contribution in [0, 0.1) is 5.82 Å². The van der Waals surface area contributed by atoms with Gasteiger partial charge in [-0.05, 0) is 36.4 Å². The average molecular weight is 309 g/mol. The Morgan fingerprint density at radius 1 is 1.17 bits per heavy atom. The molecule has 3 rings (SSSR count). The molecule has 0 aliphatic rings. The molecule has 6 heteroatoms. The number of aromatic amines is 1. The SMILES string of the molecule is N/C=C(\N=C(CN)c1nc2ccccc2[nH]1)c1ccc(F)cc1. The number of nitrogens with zero attached hydrogens (tertiary/aromatic N) is 2. The maximum atomic E-state index is 13.0. The highest BCUT2D eigenvalue weighted by molar-refractivity contribution is 6.03. The third-order valence-corrected chi connectivity index (χ3v) is 3.41. The molecule has 0 amide bonds. The summed E-state index contributed by atoms with van der Waals surface area (Å²) in [6.07, 6.45) is 1.37. The molecule has 1 heterocycles. The van der Waals surface area contributed by atoms with Gasteiger partial charge in [-0.3, -0.25) is 0 Å². The summed E-state index contributed by atoms with van der Waals surface area (Å²) in [6, 6.07) is 13.6. The number of rotatable bonds is 4. The summed E-state index contributed by atoms with van der Waals surface area (Å²) in [4.78, 5) is 12.2. The third-order valence-electron chi connectivity index (χ3n) is 3.41. The molecule has 0 aliphatic heterocycles. The van der Waals surface area contributed by atoms with Crippen LogP contribution in [-0.4, -0.2) is 22.2 Å². The van der Waals surface area contributed by atoms with E-state index < -0.39 is 0 Å². The van der Waals surface area contributed by atoms with Crippen LogP contribution in [0.5, 0.6) is 0 Å². The van der Waals surface area contributed by atoms with E-state index in [1.54, 1.807) is 12.1 Å². The molecule has 0 bridgehead atoms. The van der Waals surface area contributed by atoms with Crippen molar-refractivity contribution in [3.05, 3.63) is 71.9 Å². The lowest BCUT2D eigenvalue weighted by Gasteiger charge is -2.05. The van der Waals surface area contributed by atoms with Crippen molar-refractivity contribution < 1.29 is 4.39 Å². The summed E-state index contributed by atoms with van der Waals surface area (Å²) in [5.41, 5.74) is 15.0. The number of imidazole rings is 1. The fourth-order valence-corrected chi connectivity index (χ4v) is 2.25. The molecule has 1 aromatic heterocycles. The molecular formula is C17H16FN5. The molecule has 116 valence electrons. The van der Waals surface area contributed by atoms with Crippen molar-refractivity contribution in [2.45, 2.75) is 0 Å². The number of benzene rings is 2. The Bertz CT molecular complexity index is 844. The number of nitrogens with one attached hydrogen (secondary N) is 1. The van der Waals surface area contributed by atoms with Crippen molar-refractivity contribution in [2.24, 2.45) is 16.5 Å². The van der Waals surface area contributed by atoms with Gasteiger partial charge < -0.3 is 16.5 Å². The van der Waals surface area contributed by atoms with E-state index in [-0.39, 0.29) is 12.4 Å². The van der Waals surface area contributed by atoms with Gasteiger partial charge in [-0.1, -0.05) is 12.1 Å². The quantitative estimate of drug-likeness (QED) is 0.646. The Morgan fingerprint density at radius 2 is 1.91 bits per heavy atom. The molecule has 0 aliphatic carbocycles. The summed E-state index contributed by atoms with van der Waals surface area (Å²) in [7, 11) is 0. The van der Waals surface area contributed by atoms with Crippen molar-refractivity contribution in [3.8, 4) is 0 Å². The standard InChI is InChI=1S/C17H16FN5/c18-12-7-5-11(6-8-12)15(9-19)21-16(10-20)17-22-13-3-1-2-4-14(13)23-17/h1-9H,10,19-20H2,(H,22,23)/b15-9-,21-16?. The fourth-order valence-electron chi connectivity index (χ4n) is 2.25. The van der Waals surface area contributed by atoms with Gasteiger partial charge >= 0.3 is 0 Å². The molecule has 0 saturated carbocycles. The first kappa shape index (κ1) is 14.9. The van der Waals surface area contributed by atoms with Crippen LogP contribution >= 0.6 is 0 Å². The minimum Gasteiger partial charge on any atom is -0.403 e. The van der Waals surface area contributed by atoms with Gasteiger partial charge in [0.15, 0.2) is 5.82 Å². The van der Waals surface area contributed by atoms with Crippen LogP contribution in [0.2, 0.25) is 0 Å². The van der Waals surface area contributed by atoms with Crippen LogP contribution in [-0.2, 0) is 0 Å². The molecule has 2 aromatic carbocycles. The lowest BCUT2D eigenvalue weighted by molar-refractivity contribution is 0.627. The van der Waals surface area contributed by atoms with Gasteiger partial charge in [0.05, 0.1) is 22.4 Å².